The van der Waals surface area contributed by atoms with Crippen molar-refractivity contribution < 1.29 is 4.74 Å². The highest BCUT2D eigenvalue weighted by Crippen LogP contribution is 2.31. The van der Waals surface area contributed by atoms with Crippen molar-refractivity contribution in [3.8, 4) is 5.75 Å². The second kappa shape index (κ2) is 4.88. The van der Waals surface area contributed by atoms with E-state index in [0.717, 1.165) is 36.6 Å². The first kappa shape index (κ1) is 12.5. The lowest BCUT2D eigenvalue weighted by molar-refractivity contribution is 0.414. The number of hydrogen-bond donors (Lipinski definition) is 2. The average molecular weight is 271 g/mol. The number of ether oxygens (including phenoxy) is 1. The van der Waals surface area contributed by atoms with E-state index in [1.165, 1.54) is 5.56 Å². The first-order valence-electron chi connectivity index (χ1n) is 6.47. The molecule has 20 heavy (non-hydrogen) atoms. The van der Waals surface area contributed by atoms with Gasteiger partial charge in [0, 0.05) is 18.7 Å². The fraction of sp³-hybridized carbons (Fsp3) is 0.286. The number of rotatable bonds is 3. The van der Waals surface area contributed by atoms with Gasteiger partial charge in [-0.15, -0.1) is 0 Å². The van der Waals surface area contributed by atoms with Crippen LogP contribution in [0.25, 0.3) is 0 Å². The van der Waals surface area contributed by atoms with Crippen LogP contribution in [0.5, 0.6) is 5.75 Å². The van der Waals surface area contributed by atoms with Crippen molar-refractivity contribution >= 4 is 17.6 Å². The summed E-state index contributed by atoms with van der Waals surface area (Å²) in [4.78, 5) is 10.5. The number of benzene rings is 1. The molecule has 0 atom stereocenters. The number of hydrogen-bond acceptors (Lipinski definition) is 6. The molecule has 0 spiro atoms. The highest BCUT2D eigenvalue weighted by molar-refractivity contribution is 5.63. The fourth-order valence-corrected chi connectivity index (χ4v) is 2.47. The molecular formula is C14H17N5O. The molecule has 1 aromatic carbocycles. The van der Waals surface area contributed by atoms with Gasteiger partial charge in [-0.25, -0.2) is 0 Å². The summed E-state index contributed by atoms with van der Waals surface area (Å²) < 4.78 is 5.16. The third kappa shape index (κ3) is 2.20. The summed E-state index contributed by atoms with van der Waals surface area (Å²) in [6.45, 7) is 1.65. The number of anilines is 3. The van der Waals surface area contributed by atoms with E-state index in [4.69, 9.17) is 16.2 Å². The molecule has 0 radical (unpaired) electrons. The van der Waals surface area contributed by atoms with Gasteiger partial charge in [-0.05, 0) is 24.1 Å². The number of nitrogens with zero attached hydrogens (tertiary/aromatic N) is 3. The van der Waals surface area contributed by atoms with Crippen LogP contribution in [0.1, 0.15) is 11.1 Å². The van der Waals surface area contributed by atoms with Crippen molar-refractivity contribution in [2.75, 3.05) is 30.0 Å². The average Bonchev–Trinajstić information content (AvgIpc) is 2.83. The van der Waals surface area contributed by atoms with Crippen molar-refractivity contribution in [1.29, 1.82) is 0 Å². The Kier molecular flexibility index (Phi) is 3.06. The summed E-state index contributed by atoms with van der Waals surface area (Å²) in [5, 5.41) is 0. The molecule has 0 aliphatic carbocycles. The summed E-state index contributed by atoms with van der Waals surface area (Å²) in [5.74, 6) is 2.42. The minimum atomic E-state index is 0.225. The van der Waals surface area contributed by atoms with Crippen LogP contribution in [0.2, 0.25) is 0 Å². The third-order valence-electron chi connectivity index (χ3n) is 3.50. The topological polar surface area (TPSA) is 90.3 Å². The summed E-state index contributed by atoms with van der Waals surface area (Å²) in [7, 11) is 1.66. The van der Waals surface area contributed by atoms with Gasteiger partial charge in [0.25, 0.3) is 0 Å². The van der Waals surface area contributed by atoms with Crippen LogP contribution in [0.3, 0.4) is 0 Å². The first-order valence-corrected chi connectivity index (χ1v) is 6.47. The number of nitrogen functional groups attached to an aromatic ring is 2. The Morgan fingerprint density at radius 3 is 2.65 bits per heavy atom. The van der Waals surface area contributed by atoms with Gasteiger partial charge in [0.1, 0.15) is 17.4 Å². The van der Waals surface area contributed by atoms with Gasteiger partial charge in [-0.3, -0.25) is 0 Å². The lowest BCUT2D eigenvalue weighted by Crippen LogP contribution is -2.21. The van der Waals surface area contributed by atoms with Crippen molar-refractivity contribution in [3.05, 3.63) is 35.4 Å². The normalized spacial score (nSPS) is 13.3. The molecule has 0 fully saturated rings. The molecule has 2 aromatic rings. The Balaban J connectivity index is 1.84. The number of fused-ring (bicyclic) bond motifs is 1. The summed E-state index contributed by atoms with van der Waals surface area (Å²) >= 11 is 0. The van der Waals surface area contributed by atoms with E-state index >= 15 is 0 Å². The van der Waals surface area contributed by atoms with Gasteiger partial charge in [0.15, 0.2) is 0 Å². The lowest BCUT2D eigenvalue weighted by Gasteiger charge is -2.18. The molecular weight excluding hydrogens is 254 g/mol. The Labute approximate surface area is 117 Å². The minimum absolute atomic E-state index is 0.225. The Bertz CT molecular complexity index is 626. The Hall–Kier alpha value is -2.50. The minimum Gasteiger partial charge on any atom is -0.497 e. The molecule has 0 amide bonds. The first-order chi connectivity index (χ1) is 9.67. The fourth-order valence-electron chi connectivity index (χ4n) is 2.47. The van der Waals surface area contributed by atoms with E-state index in [-0.39, 0.29) is 5.95 Å². The SMILES string of the molecule is COc1ccc(CN2CCc3c(N)nc(N)nc32)cc1. The molecule has 104 valence electrons. The van der Waals surface area contributed by atoms with E-state index in [1.807, 2.05) is 24.3 Å². The monoisotopic (exact) mass is 271 g/mol. The van der Waals surface area contributed by atoms with Gasteiger partial charge >= 0.3 is 0 Å². The van der Waals surface area contributed by atoms with Gasteiger partial charge in [0.2, 0.25) is 5.95 Å². The van der Waals surface area contributed by atoms with Crippen LogP contribution >= 0.6 is 0 Å². The molecule has 1 aromatic heterocycles. The molecule has 3 rings (SSSR count). The highest BCUT2D eigenvalue weighted by Gasteiger charge is 2.24. The molecule has 1 aliphatic heterocycles. The van der Waals surface area contributed by atoms with Crippen LogP contribution in [0.4, 0.5) is 17.6 Å². The Morgan fingerprint density at radius 2 is 1.95 bits per heavy atom. The second-order valence-electron chi connectivity index (χ2n) is 4.79. The summed E-state index contributed by atoms with van der Waals surface area (Å²) in [6.07, 6.45) is 0.859. The maximum Gasteiger partial charge on any atom is 0.223 e. The van der Waals surface area contributed by atoms with E-state index in [1.54, 1.807) is 7.11 Å². The van der Waals surface area contributed by atoms with Crippen molar-refractivity contribution in [2.24, 2.45) is 0 Å². The van der Waals surface area contributed by atoms with E-state index in [9.17, 15) is 0 Å². The van der Waals surface area contributed by atoms with Crippen LogP contribution < -0.4 is 21.1 Å². The third-order valence-corrected chi connectivity index (χ3v) is 3.50. The van der Waals surface area contributed by atoms with Gasteiger partial charge in [-0.1, -0.05) is 12.1 Å². The van der Waals surface area contributed by atoms with Crippen molar-refractivity contribution in [2.45, 2.75) is 13.0 Å². The van der Waals surface area contributed by atoms with Crippen LogP contribution in [-0.2, 0) is 13.0 Å². The summed E-state index contributed by atoms with van der Waals surface area (Å²) in [5.41, 5.74) is 13.8. The standard InChI is InChI=1S/C14H17N5O/c1-20-10-4-2-9(3-5-10)8-19-7-6-11-12(15)17-14(16)18-13(11)19/h2-5H,6-8H2,1H3,(H4,15,16,17,18). The molecule has 4 N–H and O–H groups in total. The highest BCUT2D eigenvalue weighted by atomic mass is 16.5. The van der Waals surface area contributed by atoms with E-state index in [2.05, 4.69) is 14.9 Å². The number of methoxy groups -OCH3 is 1. The zero-order valence-electron chi connectivity index (χ0n) is 11.3. The molecule has 6 heteroatoms. The second-order valence-corrected chi connectivity index (χ2v) is 4.79. The maximum atomic E-state index is 5.89. The van der Waals surface area contributed by atoms with Crippen LogP contribution in [0, 0.1) is 0 Å². The predicted octanol–water partition coefficient (Wildman–Crippen LogP) is 1.21. The zero-order valence-corrected chi connectivity index (χ0v) is 11.3. The van der Waals surface area contributed by atoms with Crippen molar-refractivity contribution in [3.63, 3.8) is 0 Å². The molecule has 2 heterocycles. The quantitative estimate of drug-likeness (QED) is 0.872. The largest absolute Gasteiger partial charge is 0.497 e. The van der Waals surface area contributed by atoms with Crippen LogP contribution in [0.15, 0.2) is 24.3 Å². The predicted molar refractivity (Wildman–Crippen MR) is 78.6 cm³/mol. The van der Waals surface area contributed by atoms with Gasteiger partial charge < -0.3 is 21.1 Å². The molecule has 6 nitrogen and oxygen atoms in total. The van der Waals surface area contributed by atoms with Gasteiger partial charge in [0.05, 0.1) is 7.11 Å². The molecule has 1 aliphatic rings. The number of aromatic nitrogens is 2. The molecule has 0 saturated carbocycles. The maximum absolute atomic E-state index is 5.89. The smallest absolute Gasteiger partial charge is 0.223 e. The Morgan fingerprint density at radius 1 is 1.20 bits per heavy atom. The number of nitrogens with two attached hydrogens (primary N) is 2. The molecule has 0 unspecified atom stereocenters. The van der Waals surface area contributed by atoms with Crippen LogP contribution in [-0.4, -0.2) is 23.6 Å². The summed E-state index contributed by atoms with van der Waals surface area (Å²) in [6, 6.07) is 8.00. The lowest BCUT2D eigenvalue weighted by atomic mass is 10.2. The van der Waals surface area contributed by atoms with E-state index in [0.29, 0.717) is 5.82 Å². The van der Waals surface area contributed by atoms with E-state index < -0.39 is 0 Å². The molecule has 0 saturated heterocycles. The van der Waals surface area contributed by atoms with Gasteiger partial charge in [-0.2, -0.15) is 9.97 Å². The zero-order chi connectivity index (χ0) is 14.1. The molecule has 0 bridgehead atoms. The van der Waals surface area contributed by atoms with Crippen molar-refractivity contribution in [1.82, 2.24) is 9.97 Å².